The zero-order valence-electron chi connectivity index (χ0n) is 11.9. The van der Waals surface area contributed by atoms with Gasteiger partial charge in [-0.15, -0.1) is 0 Å². The van der Waals surface area contributed by atoms with Gasteiger partial charge in [0.25, 0.3) is 0 Å². The van der Waals surface area contributed by atoms with Crippen LogP contribution < -0.4 is 4.72 Å². The minimum Gasteiger partial charge on any atom is -0.396 e. The maximum atomic E-state index is 13.3. The largest absolute Gasteiger partial charge is 0.396 e. The van der Waals surface area contributed by atoms with Gasteiger partial charge in [-0.2, -0.15) is 0 Å². The van der Waals surface area contributed by atoms with Crippen LogP contribution in [0.3, 0.4) is 0 Å². The van der Waals surface area contributed by atoms with Crippen molar-refractivity contribution in [2.45, 2.75) is 38.0 Å². The van der Waals surface area contributed by atoms with Gasteiger partial charge in [-0.25, -0.2) is 17.5 Å². The van der Waals surface area contributed by atoms with Crippen molar-refractivity contribution >= 4 is 10.0 Å². The fraction of sp³-hybridized carbons (Fsp3) is 0.571. The van der Waals surface area contributed by atoms with Gasteiger partial charge in [-0.3, -0.25) is 0 Å². The van der Waals surface area contributed by atoms with Gasteiger partial charge in [0.05, 0.1) is 4.90 Å². The Bertz CT molecular complexity index is 505. The molecule has 0 fully saturated rings. The highest BCUT2D eigenvalue weighted by atomic mass is 32.2. The third-order valence-electron chi connectivity index (χ3n) is 3.12. The third kappa shape index (κ3) is 5.19. The number of rotatable bonds is 8. The van der Waals surface area contributed by atoms with E-state index in [0.717, 1.165) is 18.9 Å². The Kier molecular flexibility index (Phi) is 6.58. The summed E-state index contributed by atoms with van der Waals surface area (Å²) in [4.78, 5) is -0.0609. The molecular weight excluding hydrogens is 281 g/mol. The summed E-state index contributed by atoms with van der Waals surface area (Å²) in [6, 6.07) is 3.73. The number of halogens is 1. The highest BCUT2D eigenvalue weighted by Crippen LogP contribution is 2.15. The lowest BCUT2D eigenvalue weighted by Gasteiger charge is -2.16. The van der Waals surface area contributed by atoms with E-state index in [2.05, 4.69) is 4.72 Å². The Morgan fingerprint density at radius 1 is 1.30 bits per heavy atom. The molecule has 2 N–H and O–H groups in total. The van der Waals surface area contributed by atoms with E-state index < -0.39 is 15.8 Å². The van der Waals surface area contributed by atoms with Gasteiger partial charge in [-0.05, 0) is 49.4 Å². The smallest absolute Gasteiger partial charge is 0.240 e. The highest BCUT2D eigenvalue weighted by molar-refractivity contribution is 7.89. The first-order chi connectivity index (χ1) is 9.39. The molecule has 0 amide bonds. The van der Waals surface area contributed by atoms with E-state index in [-0.39, 0.29) is 24.0 Å². The molecule has 0 aromatic heterocycles. The Labute approximate surface area is 120 Å². The molecule has 0 aliphatic carbocycles. The third-order valence-corrected chi connectivity index (χ3v) is 4.53. The fourth-order valence-electron chi connectivity index (χ4n) is 2.11. The minimum absolute atomic E-state index is 0.0332. The SMILES string of the molecule is CCCC(CCO)CNS(=O)(=O)c1cc(C)cc(F)c1. The van der Waals surface area contributed by atoms with E-state index in [1.54, 1.807) is 6.92 Å². The predicted octanol–water partition coefficient (Wildman–Crippen LogP) is 2.21. The second-order valence-corrected chi connectivity index (χ2v) is 6.75. The first-order valence-corrected chi connectivity index (χ1v) is 8.25. The molecule has 0 saturated carbocycles. The summed E-state index contributed by atoms with van der Waals surface area (Å²) < 4.78 is 40.0. The fourth-order valence-corrected chi connectivity index (χ4v) is 3.34. The van der Waals surface area contributed by atoms with Crippen molar-refractivity contribution in [1.82, 2.24) is 4.72 Å². The van der Waals surface area contributed by atoms with Gasteiger partial charge in [0.2, 0.25) is 10.0 Å². The van der Waals surface area contributed by atoms with Crippen LogP contribution in [-0.2, 0) is 10.0 Å². The quantitative estimate of drug-likeness (QED) is 0.774. The van der Waals surface area contributed by atoms with E-state index in [1.165, 1.54) is 12.1 Å². The highest BCUT2D eigenvalue weighted by Gasteiger charge is 2.17. The molecule has 6 heteroatoms. The van der Waals surface area contributed by atoms with E-state index in [9.17, 15) is 12.8 Å². The lowest BCUT2D eigenvalue weighted by molar-refractivity contribution is 0.251. The van der Waals surface area contributed by atoms with Crippen LogP contribution in [0.15, 0.2) is 23.1 Å². The van der Waals surface area contributed by atoms with Crippen LogP contribution in [0.4, 0.5) is 4.39 Å². The number of hydrogen-bond donors (Lipinski definition) is 2. The van der Waals surface area contributed by atoms with Crippen LogP contribution in [0.5, 0.6) is 0 Å². The van der Waals surface area contributed by atoms with Crippen molar-refractivity contribution in [3.8, 4) is 0 Å². The first kappa shape index (κ1) is 17.1. The zero-order valence-corrected chi connectivity index (χ0v) is 12.7. The maximum absolute atomic E-state index is 13.3. The number of sulfonamides is 1. The Hall–Kier alpha value is -0.980. The number of hydrogen-bond acceptors (Lipinski definition) is 3. The van der Waals surface area contributed by atoms with E-state index in [4.69, 9.17) is 5.11 Å². The molecule has 0 aliphatic rings. The molecule has 0 bridgehead atoms. The summed E-state index contributed by atoms with van der Waals surface area (Å²) in [6.45, 7) is 3.94. The average Bonchev–Trinajstić information content (AvgIpc) is 2.35. The molecule has 1 aromatic rings. The van der Waals surface area contributed by atoms with Crippen LogP contribution in [0.25, 0.3) is 0 Å². The molecule has 0 spiro atoms. The molecule has 0 aliphatic heterocycles. The van der Waals surface area contributed by atoms with Crippen molar-refractivity contribution < 1.29 is 17.9 Å². The monoisotopic (exact) mass is 303 g/mol. The number of benzene rings is 1. The van der Waals surface area contributed by atoms with Gasteiger partial charge in [-0.1, -0.05) is 13.3 Å². The number of nitrogens with one attached hydrogen (secondary N) is 1. The first-order valence-electron chi connectivity index (χ1n) is 6.76. The van der Waals surface area contributed by atoms with Crippen molar-refractivity contribution in [2.75, 3.05) is 13.2 Å². The Balaban J connectivity index is 2.78. The van der Waals surface area contributed by atoms with E-state index in [1.807, 2.05) is 6.92 Å². The topological polar surface area (TPSA) is 66.4 Å². The molecule has 1 aromatic carbocycles. The Morgan fingerprint density at radius 2 is 2.00 bits per heavy atom. The van der Waals surface area contributed by atoms with Gasteiger partial charge in [0.15, 0.2) is 0 Å². The summed E-state index contributed by atoms with van der Waals surface area (Å²) in [7, 11) is -3.71. The molecule has 1 rings (SSSR count). The summed E-state index contributed by atoms with van der Waals surface area (Å²) in [5.74, 6) is -0.472. The average molecular weight is 303 g/mol. The molecule has 0 heterocycles. The van der Waals surface area contributed by atoms with E-state index >= 15 is 0 Å². The maximum Gasteiger partial charge on any atom is 0.240 e. The molecule has 1 atom stereocenters. The van der Waals surface area contributed by atoms with Crippen molar-refractivity contribution in [1.29, 1.82) is 0 Å². The summed E-state index contributed by atoms with van der Waals surface area (Å²) in [5, 5.41) is 8.96. The molecule has 114 valence electrons. The number of aryl methyl sites for hydroxylation is 1. The second-order valence-electron chi connectivity index (χ2n) is 4.98. The van der Waals surface area contributed by atoms with Crippen molar-refractivity contribution in [3.05, 3.63) is 29.6 Å². The molecule has 4 nitrogen and oxygen atoms in total. The van der Waals surface area contributed by atoms with Crippen molar-refractivity contribution in [3.63, 3.8) is 0 Å². The van der Waals surface area contributed by atoms with Crippen LogP contribution in [0.1, 0.15) is 31.7 Å². The molecule has 1 unspecified atom stereocenters. The lowest BCUT2D eigenvalue weighted by atomic mass is 10.0. The normalized spacial score (nSPS) is 13.4. The van der Waals surface area contributed by atoms with Gasteiger partial charge in [0, 0.05) is 13.2 Å². The predicted molar refractivity (Wildman–Crippen MR) is 76.4 cm³/mol. The van der Waals surface area contributed by atoms with Gasteiger partial charge >= 0.3 is 0 Å². The van der Waals surface area contributed by atoms with Crippen LogP contribution in [0.2, 0.25) is 0 Å². The zero-order chi connectivity index (χ0) is 15.2. The summed E-state index contributed by atoms with van der Waals surface area (Å²) in [5.41, 5.74) is 0.561. The number of aliphatic hydroxyl groups is 1. The van der Waals surface area contributed by atoms with Crippen LogP contribution >= 0.6 is 0 Å². The lowest BCUT2D eigenvalue weighted by Crippen LogP contribution is -2.30. The second kappa shape index (κ2) is 7.71. The Morgan fingerprint density at radius 3 is 2.55 bits per heavy atom. The molecule has 0 radical (unpaired) electrons. The summed E-state index contributed by atoms with van der Waals surface area (Å²) >= 11 is 0. The van der Waals surface area contributed by atoms with Crippen LogP contribution in [-0.4, -0.2) is 26.7 Å². The number of aliphatic hydroxyl groups excluding tert-OH is 1. The van der Waals surface area contributed by atoms with Gasteiger partial charge < -0.3 is 5.11 Å². The van der Waals surface area contributed by atoms with Crippen LogP contribution in [0, 0.1) is 18.7 Å². The molecule has 20 heavy (non-hydrogen) atoms. The summed E-state index contributed by atoms with van der Waals surface area (Å²) in [6.07, 6.45) is 2.31. The standard InChI is InChI=1S/C14H22FNO3S/c1-3-4-12(5-6-17)10-16-20(18,19)14-8-11(2)7-13(15)9-14/h7-9,12,16-17H,3-6,10H2,1-2H3. The van der Waals surface area contributed by atoms with Gasteiger partial charge in [0.1, 0.15) is 5.82 Å². The molecule has 0 saturated heterocycles. The minimum atomic E-state index is -3.71. The van der Waals surface area contributed by atoms with Crippen molar-refractivity contribution in [2.24, 2.45) is 5.92 Å². The molecular formula is C14H22FNO3S. The van der Waals surface area contributed by atoms with E-state index in [0.29, 0.717) is 12.0 Å².